The first kappa shape index (κ1) is 19.0. The molecule has 0 saturated carbocycles. The van der Waals surface area contributed by atoms with Crippen molar-refractivity contribution < 1.29 is 14.3 Å². The minimum atomic E-state index is -0.454. The third-order valence-electron chi connectivity index (χ3n) is 4.56. The number of anilines is 2. The number of benzene rings is 2. The summed E-state index contributed by atoms with van der Waals surface area (Å²) in [5.74, 6) is 0.647. The summed E-state index contributed by atoms with van der Waals surface area (Å²) in [6.45, 7) is 7.46. The summed E-state index contributed by atoms with van der Waals surface area (Å²) >= 11 is 0. The Hall–Kier alpha value is -2.73. The summed E-state index contributed by atoms with van der Waals surface area (Å²) in [7, 11) is 0. The molecule has 0 spiro atoms. The van der Waals surface area contributed by atoms with E-state index in [1.165, 1.54) is 5.69 Å². The van der Waals surface area contributed by atoms with Crippen molar-refractivity contribution in [2.24, 2.45) is 0 Å². The number of carbonyl (C=O) groups excluding carboxylic acids is 1. The maximum Gasteiger partial charge on any atom is 0.411 e. The van der Waals surface area contributed by atoms with Crippen LogP contribution in [-0.4, -0.2) is 56.9 Å². The van der Waals surface area contributed by atoms with Crippen LogP contribution in [0, 0.1) is 0 Å². The molecule has 0 atom stereocenters. The van der Waals surface area contributed by atoms with Gasteiger partial charge in [-0.2, -0.15) is 0 Å². The Morgan fingerprint density at radius 3 is 2.44 bits per heavy atom. The minimum absolute atomic E-state index is 0.369. The second-order valence-corrected chi connectivity index (χ2v) is 6.35. The van der Waals surface area contributed by atoms with Crippen LogP contribution in [0.4, 0.5) is 16.2 Å². The smallest absolute Gasteiger partial charge is 0.411 e. The van der Waals surface area contributed by atoms with E-state index in [9.17, 15) is 4.79 Å². The average Bonchev–Trinajstić information content (AvgIpc) is 2.71. The van der Waals surface area contributed by atoms with Crippen molar-refractivity contribution in [2.45, 2.75) is 6.92 Å². The molecule has 1 saturated heterocycles. The van der Waals surface area contributed by atoms with E-state index in [0.717, 1.165) is 32.7 Å². The first-order valence-corrected chi connectivity index (χ1v) is 9.44. The van der Waals surface area contributed by atoms with E-state index in [0.29, 0.717) is 24.7 Å². The highest BCUT2D eigenvalue weighted by Gasteiger charge is 2.17. The van der Waals surface area contributed by atoms with E-state index in [1.54, 1.807) is 6.07 Å². The van der Waals surface area contributed by atoms with Gasteiger partial charge in [-0.3, -0.25) is 10.2 Å². The molecule has 1 fully saturated rings. The van der Waals surface area contributed by atoms with Crippen molar-refractivity contribution in [1.82, 2.24) is 4.90 Å². The second kappa shape index (κ2) is 9.83. The lowest BCUT2D eigenvalue weighted by molar-refractivity contribution is 0.137. The fourth-order valence-corrected chi connectivity index (χ4v) is 3.13. The number of hydrogen-bond donors (Lipinski definition) is 1. The first-order valence-electron chi connectivity index (χ1n) is 9.44. The van der Waals surface area contributed by atoms with Gasteiger partial charge < -0.3 is 14.4 Å². The Morgan fingerprint density at radius 1 is 1.00 bits per heavy atom. The van der Waals surface area contributed by atoms with Gasteiger partial charge in [0, 0.05) is 38.4 Å². The molecule has 1 heterocycles. The second-order valence-electron chi connectivity index (χ2n) is 6.35. The van der Waals surface area contributed by atoms with Crippen LogP contribution in [0.5, 0.6) is 5.75 Å². The zero-order valence-corrected chi connectivity index (χ0v) is 15.8. The highest BCUT2D eigenvalue weighted by Crippen LogP contribution is 2.23. The topological polar surface area (TPSA) is 54.0 Å². The quantitative estimate of drug-likeness (QED) is 0.810. The standard InChI is InChI=1S/C21H27N3O3/c1-2-26-20-11-7-6-10-19(20)22-21(25)27-17-16-23-12-14-24(15-13-23)18-8-4-3-5-9-18/h3-11H,2,12-17H2,1H3,(H,22,25). The molecule has 1 amide bonds. The molecule has 6 nitrogen and oxygen atoms in total. The van der Waals surface area contributed by atoms with E-state index in [4.69, 9.17) is 9.47 Å². The predicted octanol–water partition coefficient (Wildman–Crippen LogP) is 3.46. The number of nitrogens with one attached hydrogen (secondary N) is 1. The molecule has 0 aromatic heterocycles. The number of carbonyl (C=O) groups is 1. The number of rotatable bonds is 7. The van der Waals surface area contributed by atoms with Gasteiger partial charge >= 0.3 is 6.09 Å². The van der Waals surface area contributed by atoms with Crippen LogP contribution >= 0.6 is 0 Å². The predicted molar refractivity (Wildman–Crippen MR) is 108 cm³/mol. The molecule has 1 aliphatic heterocycles. The van der Waals surface area contributed by atoms with Gasteiger partial charge in [0.05, 0.1) is 12.3 Å². The van der Waals surface area contributed by atoms with Crippen LogP contribution in [-0.2, 0) is 4.74 Å². The molecular weight excluding hydrogens is 342 g/mol. The van der Waals surface area contributed by atoms with Gasteiger partial charge in [0.25, 0.3) is 0 Å². The number of para-hydroxylation sites is 3. The van der Waals surface area contributed by atoms with Crippen LogP contribution in [0.3, 0.4) is 0 Å². The molecule has 1 N–H and O–H groups in total. The van der Waals surface area contributed by atoms with Crippen molar-refractivity contribution in [3.63, 3.8) is 0 Å². The fraction of sp³-hybridized carbons (Fsp3) is 0.381. The SMILES string of the molecule is CCOc1ccccc1NC(=O)OCCN1CCN(c2ccccc2)CC1. The number of amides is 1. The molecule has 0 aliphatic carbocycles. The molecule has 2 aromatic carbocycles. The van der Waals surface area contributed by atoms with Gasteiger partial charge in [0.1, 0.15) is 12.4 Å². The Kier molecular flexibility index (Phi) is 6.93. The molecule has 3 rings (SSSR count). The first-order chi connectivity index (χ1) is 13.3. The molecule has 144 valence electrons. The normalized spacial score (nSPS) is 14.6. The third-order valence-corrected chi connectivity index (χ3v) is 4.56. The fourth-order valence-electron chi connectivity index (χ4n) is 3.13. The Balaban J connectivity index is 1.37. The Bertz CT molecular complexity index is 716. The van der Waals surface area contributed by atoms with Crippen molar-refractivity contribution >= 4 is 17.5 Å². The molecule has 0 bridgehead atoms. The van der Waals surface area contributed by atoms with Crippen LogP contribution in [0.2, 0.25) is 0 Å². The average molecular weight is 369 g/mol. The van der Waals surface area contributed by atoms with E-state index in [1.807, 2.05) is 31.2 Å². The maximum absolute atomic E-state index is 12.0. The van der Waals surface area contributed by atoms with Gasteiger partial charge in [0.15, 0.2) is 0 Å². The zero-order chi connectivity index (χ0) is 18.9. The number of piperazine rings is 1. The van der Waals surface area contributed by atoms with Gasteiger partial charge in [0.2, 0.25) is 0 Å². The highest BCUT2D eigenvalue weighted by atomic mass is 16.5. The highest BCUT2D eigenvalue weighted by molar-refractivity contribution is 5.86. The largest absolute Gasteiger partial charge is 0.492 e. The maximum atomic E-state index is 12.0. The van der Waals surface area contributed by atoms with Gasteiger partial charge in [-0.15, -0.1) is 0 Å². The molecule has 6 heteroatoms. The summed E-state index contributed by atoms with van der Waals surface area (Å²) in [4.78, 5) is 16.7. The van der Waals surface area contributed by atoms with Crippen LogP contribution in [0.15, 0.2) is 54.6 Å². The Morgan fingerprint density at radius 2 is 1.70 bits per heavy atom. The van der Waals surface area contributed by atoms with E-state index < -0.39 is 6.09 Å². The lowest BCUT2D eigenvalue weighted by Crippen LogP contribution is -2.47. The lowest BCUT2D eigenvalue weighted by Gasteiger charge is -2.35. The van der Waals surface area contributed by atoms with Crippen LogP contribution in [0.25, 0.3) is 0 Å². The lowest BCUT2D eigenvalue weighted by atomic mass is 10.2. The van der Waals surface area contributed by atoms with Crippen molar-refractivity contribution in [3.8, 4) is 5.75 Å². The Labute approximate surface area is 160 Å². The van der Waals surface area contributed by atoms with E-state index >= 15 is 0 Å². The van der Waals surface area contributed by atoms with Gasteiger partial charge in [-0.25, -0.2) is 4.79 Å². The van der Waals surface area contributed by atoms with Crippen molar-refractivity contribution in [3.05, 3.63) is 54.6 Å². The van der Waals surface area contributed by atoms with E-state index in [-0.39, 0.29) is 0 Å². The number of ether oxygens (including phenoxy) is 2. The summed E-state index contributed by atoms with van der Waals surface area (Å²) in [5.41, 5.74) is 1.89. The summed E-state index contributed by atoms with van der Waals surface area (Å²) in [6, 6.07) is 17.8. The molecule has 0 radical (unpaired) electrons. The van der Waals surface area contributed by atoms with Crippen molar-refractivity contribution in [2.75, 3.05) is 56.2 Å². The minimum Gasteiger partial charge on any atom is -0.492 e. The summed E-state index contributed by atoms with van der Waals surface area (Å²) in [6.07, 6.45) is -0.454. The zero-order valence-electron chi connectivity index (χ0n) is 15.8. The van der Waals surface area contributed by atoms with Gasteiger partial charge in [-0.1, -0.05) is 30.3 Å². The molecule has 27 heavy (non-hydrogen) atoms. The van der Waals surface area contributed by atoms with E-state index in [2.05, 4.69) is 39.4 Å². The number of nitrogens with zero attached hydrogens (tertiary/aromatic N) is 2. The van der Waals surface area contributed by atoms with Crippen molar-refractivity contribution in [1.29, 1.82) is 0 Å². The number of hydrogen-bond acceptors (Lipinski definition) is 5. The molecule has 2 aromatic rings. The van der Waals surface area contributed by atoms with Gasteiger partial charge in [-0.05, 0) is 31.2 Å². The molecule has 0 unspecified atom stereocenters. The van der Waals surface area contributed by atoms with Crippen LogP contribution < -0.4 is 15.0 Å². The monoisotopic (exact) mass is 369 g/mol. The molecular formula is C21H27N3O3. The summed E-state index contributed by atoms with van der Waals surface area (Å²) in [5, 5.41) is 2.75. The van der Waals surface area contributed by atoms with Crippen LogP contribution in [0.1, 0.15) is 6.92 Å². The third kappa shape index (κ3) is 5.62. The summed E-state index contributed by atoms with van der Waals surface area (Å²) < 4.78 is 10.8. The molecule has 1 aliphatic rings.